The molecular weight excluding hydrogens is 264 g/mol. The van der Waals surface area contributed by atoms with Crippen LogP contribution in [0.4, 0.5) is 0 Å². The van der Waals surface area contributed by atoms with Crippen molar-refractivity contribution in [2.24, 2.45) is 0 Å². The predicted octanol–water partition coefficient (Wildman–Crippen LogP) is 2.20. The van der Waals surface area contributed by atoms with Gasteiger partial charge in [-0.25, -0.2) is 4.98 Å². The fourth-order valence-corrected chi connectivity index (χ4v) is 2.81. The summed E-state index contributed by atoms with van der Waals surface area (Å²) >= 11 is 0. The zero-order valence-electron chi connectivity index (χ0n) is 11.7. The smallest absolute Gasteiger partial charge is 0.244 e. The van der Waals surface area contributed by atoms with Crippen molar-refractivity contribution in [1.29, 1.82) is 0 Å². The van der Waals surface area contributed by atoms with Gasteiger partial charge in [-0.15, -0.1) is 0 Å². The molecule has 5 nitrogen and oxygen atoms in total. The maximum absolute atomic E-state index is 12.0. The summed E-state index contributed by atoms with van der Waals surface area (Å²) in [7, 11) is 0. The second kappa shape index (κ2) is 6.35. The van der Waals surface area contributed by atoms with E-state index in [1.54, 1.807) is 30.7 Å². The largest absolute Gasteiger partial charge is 0.348 e. The lowest BCUT2D eigenvalue weighted by Gasteiger charge is -2.21. The minimum Gasteiger partial charge on any atom is -0.348 e. The Bertz CT molecular complexity index is 606. The Morgan fingerprint density at radius 2 is 2.10 bits per heavy atom. The van der Waals surface area contributed by atoms with Gasteiger partial charge in [-0.2, -0.15) is 0 Å². The van der Waals surface area contributed by atoms with Crippen LogP contribution in [-0.4, -0.2) is 26.5 Å². The number of carbonyl (C=O) groups is 1. The van der Waals surface area contributed by atoms with Crippen molar-refractivity contribution >= 4 is 12.0 Å². The van der Waals surface area contributed by atoms with E-state index in [0.717, 1.165) is 24.8 Å². The van der Waals surface area contributed by atoms with E-state index >= 15 is 0 Å². The van der Waals surface area contributed by atoms with Crippen LogP contribution in [0, 0.1) is 0 Å². The van der Waals surface area contributed by atoms with Gasteiger partial charge in [0.15, 0.2) is 0 Å². The molecule has 0 aliphatic heterocycles. The second-order valence-corrected chi connectivity index (χ2v) is 5.24. The summed E-state index contributed by atoms with van der Waals surface area (Å²) < 4.78 is 2.09. The van der Waals surface area contributed by atoms with E-state index in [2.05, 4.69) is 19.9 Å². The highest BCUT2D eigenvalue weighted by molar-refractivity contribution is 5.91. The Kier molecular flexibility index (Phi) is 4.09. The first kappa shape index (κ1) is 13.5. The van der Waals surface area contributed by atoms with Crippen LogP contribution in [0.3, 0.4) is 0 Å². The van der Waals surface area contributed by atoms with Crippen molar-refractivity contribution < 1.29 is 4.79 Å². The van der Waals surface area contributed by atoms with Crippen molar-refractivity contribution in [3.8, 4) is 0 Å². The van der Waals surface area contributed by atoms with Crippen LogP contribution in [0.2, 0.25) is 0 Å². The second-order valence-electron chi connectivity index (χ2n) is 5.24. The summed E-state index contributed by atoms with van der Waals surface area (Å²) in [5.74, 6) is -0.0520. The molecule has 2 aromatic rings. The first-order valence-electron chi connectivity index (χ1n) is 7.19. The topological polar surface area (TPSA) is 59.8 Å². The van der Waals surface area contributed by atoms with E-state index in [-0.39, 0.29) is 11.9 Å². The maximum atomic E-state index is 12.0. The molecule has 2 aromatic heterocycles. The van der Waals surface area contributed by atoms with Crippen molar-refractivity contribution in [3.05, 3.63) is 54.9 Å². The molecule has 0 saturated heterocycles. The molecular formula is C16H18N4O. The summed E-state index contributed by atoms with van der Waals surface area (Å²) in [4.78, 5) is 20.1. The summed E-state index contributed by atoms with van der Waals surface area (Å²) in [5, 5.41) is 3.10. The molecule has 108 valence electrons. The van der Waals surface area contributed by atoms with E-state index in [9.17, 15) is 4.79 Å². The first-order valence-corrected chi connectivity index (χ1v) is 7.19. The number of nitrogens with one attached hydrogen (secondary N) is 1. The van der Waals surface area contributed by atoms with Crippen molar-refractivity contribution in [1.82, 2.24) is 19.9 Å². The third kappa shape index (κ3) is 3.37. The van der Waals surface area contributed by atoms with Crippen LogP contribution in [0.25, 0.3) is 6.08 Å². The van der Waals surface area contributed by atoms with Gasteiger partial charge in [0.25, 0.3) is 0 Å². The van der Waals surface area contributed by atoms with Gasteiger partial charge in [0.05, 0.1) is 12.4 Å². The normalized spacial score (nSPS) is 21.7. The van der Waals surface area contributed by atoms with Crippen molar-refractivity contribution in [2.45, 2.75) is 31.3 Å². The minimum absolute atomic E-state index is 0.0520. The number of rotatable bonds is 4. The number of nitrogens with zero attached hydrogens (tertiary/aromatic N) is 3. The molecule has 3 rings (SSSR count). The molecule has 2 heterocycles. The standard InChI is InChI=1S/C16H18N4O/c21-16(5-4-13-6-8-17-9-7-13)19-14-2-1-3-15(14)20-11-10-18-12-20/h4-12,14-15H,1-3H2,(H,19,21)/b5-4+/t14-,15-/m1/s1. The van der Waals surface area contributed by atoms with E-state index in [4.69, 9.17) is 0 Å². The lowest BCUT2D eigenvalue weighted by molar-refractivity contribution is -0.117. The average molecular weight is 282 g/mol. The lowest BCUT2D eigenvalue weighted by Crippen LogP contribution is -2.37. The number of aromatic nitrogens is 3. The first-order chi connectivity index (χ1) is 10.3. The molecule has 1 N–H and O–H groups in total. The van der Waals surface area contributed by atoms with Crippen LogP contribution in [0.15, 0.2) is 49.3 Å². The van der Waals surface area contributed by atoms with Crippen LogP contribution in [0.5, 0.6) is 0 Å². The zero-order valence-corrected chi connectivity index (χ0v) is 11.7. The van der Waals surface area contributed by atoms with Gasteiger partial charge >= 0.3 is 0 Å². The zero-order chi connectivity index (χ0) is 14.5. The van der Waals surface area contributed by atoms with Gasteiger partial charge in [0, 0.05) is 36.9 Å². The van der Waals surface area contributed by atoms with E-state index in [1.165, 1.54) is 0 Å². The fraction of sp³-hybridized carbons (Fsp3) is 0.312. The van der Waals surface area contributed by atoms with Crippen LogP contribution >= 0.6 is 0 Å². The minimum atomic E-state index is -0.0520. The molecule has 5 heteroatoms. The van der Waals surface area contributed by atoms with E-state index in [0.29, 0.717) is 6.04 Å². The maximum Gasteiger partial charge on any atom is 0.244 e. The average Bonchev–Trinajstić information content (AvgIpc) is 3.17. The monoisotopic (exact) mass is 282 g/mol. The molecule has 1 aliphatic rings. The highest BCUT2D eigenvalue weighted by Gasteiger charge is 2.28. The number of pyridine rings is 1. The molecule has 21 heavy (non-hydrogen) atoms. The third-order valence-electron chi connectivity index (χ3n) is 3.85. The molecule has 0 spiro atoms. The Balaban J connectivity index is 1.61. The quantitative estimate of drug-likeness (QED) is 0.875. The molecule has 0 aromatic carbocycles. The predicted molar refractivity (Wildman–Crippen MR) is 80.3 cm³/mol. The van der Waals surface area contributed by atoms with Crippen molar-refractivity contribution in [2.75, 3.05) is 0 Å². The molecule has 0 radical (unpaired) electrons. The fourth-order valence-electron chi connectivity index (χ4n) is 2.81. The molecule has 0 bridgehead atoms. The number of carbonyl (C=O) groups excluding carboxylic acids is 1. The third-order valence-corrected chi connectivity index (χ3v) is 3.85. The SMILES string of the molecule is O=C(/C=C/c1ccncc1)N[C@@H]1CCC[C@H]1n1ccnc1. The number of imidazole rings is 1. The van der Waals surface area contributed by atoms with Gasteiger partial charge in [0.2, 0.25) is 5.91 Å². The number of hydrogen-bond acceptors (Lipinski definition) is 3. The molecule has 0 unspecified atom stereocenters. The van der Waals surface area contributed by atoms with Crippen LogP contribution in [-0.2, 0) is 4.79 Å². The molecule has 2 atom stereocenters. The summed E-state index contributed by atoms with van der Waals surface area (Å²) in [6, 6.07) is 4.22. The summed E-state index contributed by atoms with van der Waals surface area (Å²) in [5.41, 5.74) is 0.970. The molecule has 1 fully saturated rings. The van der Waals surface area contributed by atoms with Gasteiger partial charge < -0.3 is 9.88 Å². The Morgan fingerprint density at radius 1 is 1.24 bits per heavy atom. The molecule has 1 aliphatic carbocycles. The van der Waals surface area contributed by atoms with E-state index in [1.807, 2.05) is 24.7 Å². The Labute approximate surface area is 123 Å². The highest BCUT2D eigenvalue weighted by atomic mass is 16.1. The summed E-state index contributed by atoms with van der Waals surface area (Å²) in [6.45, 7) is 0. The van der Waals surface area contributed by atoms with Gasteiger partial charge in [-0.05, 0) is 43.0 Å². The van der Waals surface area contributed by atoms with Gasteiger partial charge in [0.1, 0.15) is 0 Å². The Hall–Kier alpha value is -2.43. The number of hydrogen-bond donors (Lipinski definition) is 1. The van der Waals surface area contributed by atoms with Crippen molar-refractivity contribution in [3.63, 3.8) is 0 Å². The highest BCUT2D eigenvalue weighted by Crippen LogP contribution is 2.29. The molecule has 1 saturated carbocycles. The van der Waals surface area contributed by atoms with E-state index < -0.39 is 0 Å². The van der Waals surface area contributed by atoms with Crippen LogP contribution < -0.4 is 5.32 Å². The lowest BCUT2D eigenvalue weighted by atomic mass is 10.1. The summed E-state index contributed by atoms with van der Waals surface area (Å²) in [6.07, 6.45) is 15.6. The molecule has 1 amide bonds. The number of amides is 1. The Morgan fingerprint density at radius 3 is 2.86 bits per heavy atom. The van der Waals surface area contributed by atoms with Gasteiger partial charge in [-0.3, -0.25) is 9.78 Å². The van der Waals surface area contributed by atoms with Crippen LogP contribution in [0.1, 0.15) is 30.9 Å². The van der Waals surface area contributed by atoms with Gasteiger partial charge in [-0.1, -0.05) is 0 Å².